The third kappa shape index (κ3) is 4.84. The van der Waals surface area contributed by atoms with Gasteiger partial charge in [0.05, 0.1) is 0 Å². The maximum atomic E-state index is 13.0. The molecule has 1 aliphatic heterocycles. The number of anilines is 1. The average molecular weight is 450 g/mol. The first-order valence-electron chi connectivity index (χ1n) is 9.75. The molecule has 1 aliphatic rings. The zero-order chi connectivity index (χ0) is 22.1. The van der Waals surface area contributed by atoms with Crippen LogP contribution < -0.4 is 4.72 Å². The predicted octanol–water partition coefficient (Wildman–Crippen LogP) is 3.19. The quantitative estimate of drug-likeness (QED) is 0.777. The van der Waals surface area contributed by atoms with Gasteiger partial charge in [-0.1, -0.05) is 38.5 Å². The molecule has 2 heterocycles. The van der Waals surface area contributed by atoms with E-state index < -0.39 is 15.4 Å². The molecule has 1 N–H and O–H groups in total. The number of hydrogen-bond acceptors (Lipinski definition) is 5. The highest BCUT2D eigenvalue weighted by Crippen LogP contribution is 2.27. The maximum Gasteiger partial charge on any atom is 0.265 e. The van der Waals surface area contributed by atoms with E-state index in [2.05, 4.69) is 4.72 Å². The molecule has 3 rings (SSSR count). The number of benzene rings is 1. The summed E-state index contributed by atoms with van der Waals surface area (Å²) in [6.07, 6.45) is 0. The van der Waals surface area contributed by atoms with Crippen LogP contribution in [-0.4, -0.2) is 56.2 Å². The Balaban J connectivity index is 1.73. The molecule has 2 aromatic rings. The number of piperazine rings is 1. The molecule has 0 unspecified atom stereocenters. The van der Waals surface area contributed by atoms with Gasteiger partial charge in [0.25, 0.3) is 15.9 Å². The van der Waals surface area contributed by atoms with Crippen LogP contribution in [0.3, 0.4) is 0 Å². The van der Waals surface area contributed by atoms with Gasteiger partial charge in [-0.05, 0) is 30.5 Å². The molecule has 2 amide bonds. The average Bonchev–Trinajstić information content (AvgIpc) is 3.19. The van der Waals surface area contributed by atoms with Crippen molar-refractivity contribution in [2.75, 3.05) is 30.9 Å². The molecular formula is C21H27N3O4S2. The molecule has 0 aliphatic carbocycles. The second kappa shape index (κ2) is 8.39. The summed E-state index contributed by atoms with van der Waals surface area (Å²) >= 11 is 1.11. The van der Waals surface area contributed by atoms with Crippen molar-refractivity contribution in [3.63, 3.8) is 0 Å². The number of nitrogens with one attached hydrogen (secondary N) is 1. The lowest BCUT2D eigenvalue weighted by atomic mass is 9.94. The highest BCUT2D eigenvalue weighted by Gasteiger charge is 2.33. The molecule has 0 atom stereocenters. The standard InChI is InChI=1S/C21H27N3O4S2/c1-15-5-7-16(8-6-15)22-30(27,28)17-9-14-29-18(17)19(25)23-10-12-24(13-11-23)20(26)21(2,3)4/h5-9,14,22H,10-13H2,1-4H3. The van der Waals surface area contributed by atoms with E-state index >= 15 is 0 Å². The lowest BCUT2D eigenvalue weighted by Gasteiger charge is -2.37. The number of carbonyl (C=O) groups excluding carboxylic acids is 2. The molecule has 1 saturated heterocycles. The van der Waals surface area contributed by atoms with Crippen LogP contribution in [-0.2, 0) is 14.8 Å². The molecule has 0 bridgehead atoms. The number of nitrogens with zero attached hydrogens (tertiary/aromatic N) is 2. The Morgan fingerprint density at radius 1 is 0.967 bits per heavy atom. The van der Waals surface area contributed by atoms with Gasteiger partial charge in [-0.3, -0.25) is 14.3 Å². The SMILES string of the molecule is Cc1ccc(NS(=O)(=O)c2ccsc2C(=O)N2CCN(C(=O)C(C)(C)C)CC2)cc1. The second-order valence-electron chi connectivity index (χ2n) is 8.42. The van der Waals surface area contributed by atoms with E-state index in [1.165, 1.54) is 6.07 Å². The van der Waals surface area contributed by atoms with Crippen LogP contribution in [0.5, 0.6) is 0 Å². The van der Waals surface area contributed by atoms with Crippen LogP contribution in [0.15, 0.2) is 40.6 Å². The minimum Gasteiger partial charge on any atom is -0.339 e. The highest BCUT2D eigenvalue weighted by molar-refractivity contribution is 7.93. The summed E-state index contributed by atoms with van der Waals surface area (Å²) in [5.74, 6) is -0.270. The van der Waals surface area contributed by atoms with Crippen LogP contribution in [0.2, 0.25) is 0 Å². The maximum absolute atomic E-state index is 13.0. The summed E-state index contributed by atoms with van der Waals surface area (Å²) in [6.45, 7) is 9.17. The monoisotopic (exact) mass is 449 g/mol. The number of thiophene rings is 1. The van der Waals surface area contributed by atoms with E-state index in [4.69, 9.17) is 0 Å². The van der Waals surface area contributed by atoms with Crippen molar-refractivity contribution in [2.45, 2.75) is 32.6 Å². The molecule has 0 saturated carbocycles. The fourth-order valence-electron chi connectivity index (χ4n) is 3.23. The van der Waals surface area contributed by atoms with Crippen LogP contribution in [0.1, 0.15) is 36.0 Å². The van der Waals surface area contributed by atoms with E-state index in [0.717, 1.165) is 16.9 Å². The minimum atomic E-state index is -3.89. The van der Waals surface area contributed by atoms with E-state index in [1.54, 1.807) is 27.3 Å². The van der Waals surface area contributed by atoms with Gasteiger partial charge in [-0.2, -0.15) is 0 Å². The van der Waals surface area contributed by atoms with Crippen molar-refractivity contribution in [1.82, 2.24) is 9.80 Å². The molecule has 0 spiro atoms. The fourth-order valence-corrected chi connectivity index (χ4v) is 5.68. The number of rotatable bonds is 4. The van der Waals surface area contributed by atoms with E-state index in [9.17, 15) is 18.0 Å². The topological polar surface area (TPSA) is 86.8 Å². The second-order valence-corrected chi connectivity index (χ2v) is 11.0. The largest absolute Gasteiger partial charge is 0.339 e. The molecule has 0 radical (unpaired) electrons. The zero-order valence-electron chi connectivity index (χ0n) is 17.6. The summed E-state index contributed by atoms with van der Waals surface area (Å²) in [5.41, 5.74) is 0.996. The van der Waals surface area contributed by atoms with Crippen molar-refractivity contribution in [3.05, 3.63) is 46.2 Å². The summed E-state index contributed by atoms with van der Waals surface area (Å²) in [6, 6.07) is 8.46. The van der Waals surface area contributed by atoms with Gasteiger partial charge in [0.2, 0.25) is 5.91 Å². The summed E-state index contributed by atoms with van der Waals surface area (Å²) in [5, 5.41) is 1.61. The van der Waals surface area contributed by atoms with Crippen LogP contribution in [0, 0.1) is 12.3 Å². The van der Waals surface area contributed by atoms with E-state index in [-0.39, 0.29) is 21.6 Å². The molecule has 7 nitrogen and oxygen atoms in total. The first kappa shape index (κ1) is 22.3. The third-order valence-electron chi connectivity index (χ3n) is 4.91. The first-order valence-corrected chi connectivity index (χ1v) is 12.1. The van der Waals surface area contributed by atoms with Gasteiger partial charge < -0.3 is 9.80 Å². The number of sulfonamides is 1. The summed E-state index contributed by atoms with van der Waals surface area (Å²) in [4.78, 5) is 29.0. The van der Waals surface area contributed by atoms with Crippen molar-refractivity contribution in [3.8, 4) is 0 Å². The Morgan fingerprint density at radius 2 is 1.53 bits per heavy atom. The fraction of sp³-hybridized carbons (Fsp3) is 0.429. The molecule has 162 valence electrons. The van der Waals surface area contributed by atoms with E-state index in [0.29, 0.717) is 31.9 Å². The number of aryl methyl sites for hydroxylation is 1. The lowest BCUT2D eigenvalue weighted by molar-refractivity contribution is -0.140. The number of hydrogen-bond donors (Lipinski definition) is 1. The van der Waals surface area contributed by atoms with Gasteiger partial charge in [-0.15, -0.1) is 11.3 Å². The van der Waals surface area contributed by atoms with E-state index in [1.807, 2.05) is 39.8 Å². The minimum absolute atomic E-state index is 0.0220. The summed E-state index contributed by atoms with van der Waals surface area (Å²) in [7, 11) is -3.89. The molecular weight excluding hydrogens is 422 g/mol. The van der Waals surface area contributed by atoms with Gasteiger partial charge in [0.1, 0.15) is 9.77 Å². The normalized spacial score (nSPS) is 15.2. The van der Waals surface area contributed by atoms with Gasteiger partial charge in [-0.25, -0.2) is 8.42 Å². The Bertz CT molecular complexity index is 1030. The van der Waals surface area contributed by atoms with Crippen molar-refractivity contribution >= 4 is 38.9 Å². The molecule has 1 aromatic carbocycles. The van der Waals surface area contributed by atoms with Gasteiger partial charge >= 0.3 is 0 Å². The van der Waals surface area contributed by atoms with Gasteiger partial charge in [0.15, 0.2) is 0 Å². The molecule has 1 fully saturated rings. The molecule has 9 heteroatoms. The smallest absolute Gasteiger partial charge is 0.265 e. The summed E-state index contributed by atoms with van der Waals surface area (Å²) < 4.78 is 28.3. The Kier molecular flexibility index (Phi) is 6.24. The van der Waals surface area contributed by atoms with Crippen LogP contribution in [0.4, 0.5) is 5.69 Å². The first-order chi connectivity index (χ1) is 14.0. The predicted molar refractivity (Wildman–Crippen MR) is 118 cm³/mol. The Labute approximate surface area is 181 Å². The Morgan fingerprint density at radius 3 is 2.10 bits per heavy atom. The van der Waals surface area contributed by atoms with Crippen LogP contribution >= 0.6 is 11.3 Å². The molecule has 30 heavy (non-hydrogen) atoms. The number of carbonyl (C=O) groups is 2. The van der Waals surface area contributed by atoms with Crippen LogP contribution in [0.25, 0.3) is 0 Å². The number of amides is 2. The third-order valence-corrected chi connectivity index (χ3v) is 7.37. The zero-order valence-corrected chi connectivity index (χ0v) is 19.3. The van der Waals surface area contributed by atoms with Crippen molar-refractivity contribution < 1.29 is 18.0 Å². The lowest BCUT2D eigenvalue weighted by Crippen LogP contribution is -2.53. The molecule has 1 aromatic heterocycles. The van der Waals surface area contributed by atoms with Crippen molar-refractivity contribution in [2.24, 2.45) is 5.41 Å². The Hall–Kier alpha value is -2.39. The van der Waals surface area contributed by atoms with Crippen molar-refractivity contribution in [1.29, 1.82) is 0 Å². The van der Waals surface area contributed by atoms with Gasteiger partial charge in [0, 0.05) is 37.3 Å². The highest BCUT2D eigenvalue weighted by atomic mass is 32.2.